The van der Waals surface area contributed by atoms with Gasteiger partial charge in [0.2, 0.25) is 0 Å². The smallest absolute Gasteiger partial charge is 0.258 e. The molecule has 0 heterocycles. The van der Waals surface area contributed by atoms with Gasteiger partial charge in [-0.05, 0) is 40.5 Å². The fraction of sp³-hybridized carbons (Fsp3) is 0.188. The molecule has 0 aliphatic rings. The van der Waals surface area contributed by atoms with Crippen LogP contribution in [0, 0.1) is 5.82 Å². The highest BCUT2D eigenvalue weighted by Gasteiger charge is 2.23. The number of hydrogen-bond acceptors (Lipinski definition) is 1. The van der Waals surface area contributed by atoms with E-state index in [0.29, 0.717) is 4.47 Å². The molecule has 0 N–H and O–H groups in total. The molecule has 0 fully saturated rings. The largest absolute Gasteiger partial charge is 0.335 e. The molecule has 0 aromatic heterocycles. The van der Waals surface area contributed by atoms with Crippen LogP contribution in [0.3, 0.4) is 0 Å². The molecule has 0 aliphatic heterocycles. The molecule has 20 heavy (non-hydrogen) atoms. The maximum absolute atomic E-state index is 13.8. The molecule has 0 saturated carbocycles. The third-order valence-corrected chi connectivity index (χ3v) is 4.02. The van der Waals surface area contributed by atoms with Crippen molar-refractivity contribution in [3.63, 3.8) is 0 Å². The third-order valence-electron chi connectivity index (χ3n) is 3.36. The molecule has 4 heteroatoms. The van der Waals surface area contributed by atoms with Crippen LogP contribution in [-0.2, 0) is 0 Å². The summed E-state index contributed by atoms with van der Waals surface area (Å²) < 4.78 is 14.3. The topological polar surface area (TPSA) is 20.3 Å². The number of halogens is 2. The minimum Gasteiger partial charge on any atom is -0.335 e. The Hall–Kier alpha value is -1.68. The normalized spacial score (nSPS) is 12.0. The number of nitrogens with zero attached hydrogens (tertiary/aromatic N) is 1. The number of carbonyl (C=O) groups excluding carboxylic acids is 1. The van der Waals surface area contributed by atoms with E-state index in [-0.39, 0.29) is 17.5 Å². The Morgan fingerprint density at radius 1 is 1.15 bits per heavy atom. The average molecular weight is 336 g/mol. The van der Waals surface area contributed by atoms with E-state index in [1.54, 1.807) is 24.1 Å². The van der Waals surface area contributed by atoms with Gasteiger partial charge in [-0.3, -0.25) is 4.79 Å². The van der Waals surface area contributed by atoms with Gasteiger partial charge >= 0.3 is 0 Å². The number of hydrogen-bond donors (Lipinski definition) is 0. The third kappa shape index (κ3) is 2.90. The van der Waals surface area contributed by atoms with Gasteiger partial charge in [0.25, 0.3) is 5.91 Å². The fourth-order valence-corrected chi connectivity index (χ4v) is 2.52. The Bertz CT molecular complexity index is 595. The van der Waals surface area contributed by atoms with Crippen molar-refractivity contribution in [2.24, 2.45) is 0 Å². The van der Waals surface area contributed by atoms with Gasteiger partial charge in [0.05, 0.1) is 11.6 Å². The van der Waals surface area contributed by atoms with Crippen molar-refractivity contribution >= 4 is 21.8 Å². The van der Waals surface area contributed by atoms with Crippen LogP contribution < -0.4 is 0 Å². The molecule has 0 bridgehead atoms. The molecule has 104 valence electrons. The summed E-state index contributed by atoms with van der Waals surface area (Å²) >= 11 is 3.23. The van der Waals surface area contributed by atoms with Gasteiger partial charge in [-0.1, -0.05) is 36.4 Å². The van der Waals surface area contributed by atoms with E-state index in [9.17, 15) is 9.18 Å². The van der Waals surface area contributed by atoms with Crippen LogP contribution >= 0.6 is 15.9 Å². The molecule has 1 unspecified atom stereocenters. The van der Waals surface area contributed by atoms with Crippen molar-refractivity contribution in [1.29, 1.82) is 0 Å². The molecular formula is C16H15BrFNO. The lowest BCUT2D eigenvalue weighted by Crippen LogP contribution is -2.30. The van der Waals surface area contributed by atoms with Crippen LogP contribution in [0.4, 0.5) is 4.39 Å². The Labute approximate surface area is 126 Å². The summed E-state index contributed by atoms with van der Waals surface area (Å²) in [5.41, 5.74) is 1.08. The number of rotatable bonds is 3. The van der Waals surface area contributed by atoms with Crippen molar-refractivity contribution in [2.75, 3.05) is 7.05 Å². The second-order valence-electron chi connectivity index (χ2n) is 4.60. The zero-order chi connectivity index (χ0) is 14.7. The van der Waals surface area contributed by atoms with E-state index < -0.39 is 5.82 Å². The van der Waals surface area contributed by atoms with Crippen molar-refractivity contribution in [2.45, 2.75) is 13.0 Å². The van der Waals surface area contributed by atoms with Gasteiger partial charge in [0.1, 0.15) is 5.82 Å². The first kappa shape index (κ1) is 14.7. The second kappa shape index (κ2) is 6.18. The van der Waals surface area contributed by atoms with E-state index in [1.165, 1.54) is 6.07 Å². The number of carbonyl (C=O) groups is 1. The Balaban J connectivity index is 2.29. The summed E-state index contributed by atoms with van der Waals surface area (Å²) in [4.78, 5) is 14.0. The van der Waals surface area contributed by atoms with E-state index in [1.807, 2.05) is 37.3 Å². The fourth-order valence-electron chi connectivity index (χ4n) is 2.01. The molecule has 2 nitrogen and oxygen atoms in total. The lowest BCUT2D eigenvalue weighted by molar-refractivity contribution is 0.0737. The summed E-state index contributed by atoms with van der Waals surface area (Å²) in [5, 5.41) is 0. The highest BCUT2D eigenvalue weighted by molar-refractivity contribution is 9.10. The molecule has 0 radical (unpaired) electrons. The SMILES string of the molecule is CC(c1ccccc1)N(C)C(=O)c1c(F)cccc1Br. The Morgan fingerprint density at radius 2 is 1.80 bits per heavy atom. The number of amides is 1. The lowest BCUT2D eigenvalue weighted by atomic mass is 10.1. The molecule has 1 atom stereocenters. The summed E-state index contributed by atoms with van der Waals surface area (Å²) in [5.74, 6) is -0.859. The number of benzene rings is 2. The van der Waals surface area contributed by atoms with Gasteiger partial charge < -0.3 is 4.90 Å². The van der Waals surface area contributed by atoms with E-state index in [0.717, 1.165) is 5.56 Å². The zero-order valence-corrected chi connectivity index (χ0v) is 12.9. The van der Waals surface area contributed by atoms with Crippen LogP contribution in [0.25, 0.3) is 0 Å². The monoisotopic (exact) mass is 335 g/mol. The van der Waals surface area contributed by atoms with E-state index in [2.05, 4.69) is 15.9 Å². The Kier molecular flexibility index (Phi) is 4.55. The van der Waals surface area contributed by atoms with Crippen LogP contribution in [0.1, 0.15) is 28.9 Å². The van der Waals surface area contributed by atoms with Crippen LogP contribution in [0.5, 0.6) is 0 Å². The summed E-state index contributed by atoms with van der Waals surface area (Å²) in [6.07, 6.45) is 0. The Morgan fingerprint density at radius 3 is 2.40 bits per heavy atom. The lowest BCUT2D eigenvalue weighted by Gasteiger charge is -2.26. The first-order chi connectivity index (χ1) is 9.52. The minimum absolute atomic E-state index is 0.0674. The first-order valence-electron chi connectivity index (χ1n) is 6.28. The highest BCUT2D eigenvalue weighted by atomic mass is 79.9. The average Bonchev–Trinajstić information content (AvgIpc) is 2.46. The van der Waals surface area contributed by atoms with E-state index in [4.69, 9.17) is 0 Å². The first-order valence-corrected chi connectivity index (χ1v) is 7.07. The quantitative estimate of drug-likeness (QED) is 0.812. The standard InChI is InChI=1S/C16H15BrFNO/c1-11(12-7-4-3-5-8-12)19(2)16(20)15-13(17)9-6-10-14(15)18/h3-11H,1-2H3. The molecule has 0 aliphatic carbocycles. The van der Waals surface area contributed by atoms with E-state index >= 15 is 0 Å². The van der Waals surface area contributed by atoms with Gasteiger partial charge in [0, 0.05) is 11.5 Å². The van der Waals surface area contributed by atoms with Crippen LogP contribution in [0.15, 0.2) is 53.0 Å². The molecular weight excluding hydrogens is 321 g/mol. The van der Waals surface area contributed by atoms with Crippen LogP contribution in [-0.4, -0.2) is 17.9 Å². The van der Waals surface area contributed by atoms with Crippen LogP contribution in [0.2, 0.25) is 0 Å². The van der Waals surface area contributed by atoms with Crippen molar-refractivity contribution in [1.82, 2.24) is 4.90 Å². The molecule has 0 saturated heterocycles. The van der Waals surface area contributed by atoms with Gasteiger partial charge in [-0.25, -0.2) is 4.39 Å². The maximum Gasteiger partial charge on any atom is 0.258 e. The molecule has 2 aromatic carbocycles. The molecule has 2 aromatic rings. The predicted octanol–water partition coefficient (Wildman–Crippen LogP) is 4.42. The molecule has 2 rings (SSSR count). The highest BCUT2D eigenvalue weighted by Crippen LogP contribution is 2.25. The summed E-state index contributed by atoms with van der Waals surface area (Å²) in [6, 6.07) is 14.1. The minimum atomic E-state index is -0.517. The van der Waals surface area contributed by atoms with Gasteiger partial charge in [0.15, 0.2) is 0 Å². The second-order valence-corrected chi connectivity index (χ2v) is 5.45. The summed E-state index contributed by atoms with van der Waals surface area (Å²) in [7, 11) is 1.68. The zero-order valence-electron chi connectivity index (χ0n) is 11.3. The maximum atomic E-state index is 13.8. The molecule has 1 amide bonds. The molecule has 0 spiro atoms. The van der Waals surface area contributed by atoms with Gasteiger partial charge in [-0.15, -0.1) is 0 Å². The van der Waals surface area contributed by atoms with Crippen molar-refractivity contribution in [3.05, 3.63) is 69.9 Å². The van der Waals surface area contributed by atoms with Crippen molar-refractivity contribution in [3.8, 4) is 0 Å². The van der Waals surface area contributed by atoms with Crippen molar-refractivity contribution < 1.29 is 9.18 Å². The van der Waals surface area contributed by atoms with Gasteiger partial charge in [-0.2, -0.15) is 0 Å². The summed E-state index contributed by atoms with van der Waals surface area (Å²) in [6.45, 7) is 1.92. The predicted molar refractivity (Wildman–Crippen MR) is 81.1 cm³/mol.